The first-order valence-electron chi connectivity index (χ1n) is 8.81. The van der Waals surface area contributed by atoms with Gasteiger partial charge in [-0.05, 0) is 42.0 Å². The van der Waals surface area contributed by atoms with E-state index in [9.17, 15) is 9.18 Å². The van der Waals surface area contributed by atoms with Crippen LogP contribution in [0.4, 0.5) is 10.1 Å². The third kappa shape index (κ3) is 3.17. The zero-order valence-electron chi connectivity index (χ0n) is 14.7. The van der Waals surface area contributed by atoms with Gasteiger partial charge in [0.2, 0.25) is 0 Å². The number of carbonyl (C=O) groups is 1. The van der Waals surface area contributed by atoms with E-state index in [0.29, 0.717) is 12.0 Å². The van der Waals surface area contributed by atoms with Gasteiger partial charge in [-0.3, -0.25) is 4.79 Å². The molecule has 2 aliphatic rings. The number of nitrogens with zero attached hydrogens (tertiary/aromatic N) is 2. The number of rotatable bonds is 3. The predicted molar refractivity (Wildman–Crippen MR) is 99.3 cm³/mol. The molecule has 0 saturated carbocycles. The molecule has 134 valence electrons. The van der Waals surface area contributed by atoms with Crippen molar-refractivity contribution in [2.75, 3.05) is 38.2 Å². The topological polar surface area (TPSA) is 32.8 Å². The van der Waals surface area contributed by atoms with E-state index in [1.165, 1.54) is 17.8 Å². The van der Waals surface area contributed by atoms with Crippen molar-refractivity contribution in [3.8, 4) is 5.75 Å². The summed E-state index contributed by atoms with van der Waals surface area (Å²) < 4.78 is 18.6. The summed E-state index contributed by atoms with van der Waals surface area (Å²) in [5.74, 6) is 0.455. The smallest absolute Gasteiger partial charge is 0.191 e. The Morgan fingerprint density at radius 3 is 2.46 bits per heavy atom. The molecule has 2 aromatic rings. The van der Waals surface area contributed by atoms with Crippen LogP contribution in [-0.2, 0) is 6.42 Å². The van der Waals surface area contributed by atoms with Gasteiger partial charge in [-0.15, -0.1) is 0 Å². The first-order valence-corrected chi connectivity index (χ1v) is 8.81. The van der Waals surface area contributed by atoms with Crippen molar-refractivity contribution in [3.05, 3.63) is 71.2 Å². The van der Waals surface area contributed by atoms with E-state index in [-0.39, 0.29) is 11.6 Å². The molecule has 4 rings (SSSR count). The predicted octanol–water partition coefficient (Wildman–Crippen LogP) is 3.28. The van der Waals surface area contributed by atoms with E-state index < -0.39 is 0 Å². The number of fused-ring (bicyclic) bond motifs is 1. The van der Waals surface area contributed by atoms with Crippen LogP contribution in [0.5, 0.6) is 5.75 Å². The highest BCUT2D eigenvalue weighted by atomic mass is 19.1. The van der Waals surface area contributed by atoms with E-state index in [2.05, 4.69) is 21.9 Å². The fraction of sp³-hybridized carbons (Fsp3) is 0.286. The molecule has 4 nitrogen and oxygen atoms in total. The van der Waals surface area contributed by atoms with Crippen molar-refractivity contribution in [2.24, 2.45) is 0 Å². The molecule has 5 heteroatoms. The minimum absolute atomic E-state index is 0.0444. The SMILES string of the molecule is COc1ccc(N2CCN(C=C3Cc4ccc(F)cc4C3=O)CC2)cc1. The molecule has 0 spiro atoms. The lowest BCUT2D eigenvalue weighted by atomic mass is 10.1. The highest BCUT2D eigenvalue weighted by molar-refractivity contribution is 6.13. The summed E-state index contributed by atoms with van der Waals surface area (Å²) in [7, 11) is 1.66. The Kier molecular flexibility index (Phi) is 4.37. The molecule has 0 radical (unpaired) electrons. The van der Waals surface area contributed by atoms with Crippen LogP contribution in [-0.4, -0.2) is 44.0 Å². The van der Waals surface area contributed by atoms with Gasteiger partial charge >= 0.3 is 0 Å². The molecule has 1 saturated heterocycles. The second-order valence-corrected chi connectivity index (χ2v) is 6.68. The van der Waals surface area contributed by atoms with Gasteiger partial charge in [0.15, 0.2) is 5.78 Å². The Balaban J connectivity index is 1.41. The molecular formula is C21H21FN2O2. The number of hydrogen-bond acceptors (Lipinski definition) is 4. The number of benzene rings is 2. The summed E-state index contributed by atoms with van der Waals surface area (Å²) in [5, 5.41) is 0. The number of halogens is 1. The Bertz CT molecular complexity index is 853. The summed E-state index contributed by atoms with van der Waals surface area (Å²) in [6.45, 7) is 3.50. The standard InChI is InChI=1S/C21H21FN2O2/c1-26-19-6-4-18(5-7-19)24-10-8-23(9-11-24)14-16-12-15-2-3-17(22)13-20(15)21(16)25/h2-7,13-14H,8-12H2,1H3. The van der Waals surface area contributed by atoms with E-state index >= 15 is 0 Å². The number of allylic oxidation sites excluding steroid dienone is 1. The number of Topliss-reactive ketones (excluding diaryl/α,β-unsaturated/α-hetero) is 1. The molecule has 1 fully saturated rings. The summed E-state index contributed by atoms with van der Waals surface area (Å²) in [6.07, 6.45) is 2.55. The summed E-state index contributed by atoms with van der Waals surface area (Å²) in [5.41, 5.74) is 3.36. The fourth-order valence-electron chi connectivity index (χ4n) is 3.60. The Morgan fingerprint density at radius 2 is 1.77 bits per heavy atom. The lowest BCUT2D eigenvalue weighted by Gasteiger charge is -2.35. The van der Waals surface area contributed by atoms with Crippen LogP contribution in [0.25, 0.3) is 0 Å². The molecule has 1 aliphatic heterocycles. The Labute approximate surface area is 152 Å². The van der Waals surface area contributed by atoms with E-state index in [4.69, 9.17) is 4.74 Å². The van der Waals surface area contributed by atoms with E-state index in [1.807, 2.05) is 18.3 Å². The molecule has 26 heavy (non-hydrogen) atoms. The fourth-order valence-corrected chi connectivity index (χ4v) is 3.60. The molecule has 0 amide bonds. The average Bonchev–Trinajstić information content (AvgIpc) is 2.98. The third-order valence-electron chi connectivity index (χ3n) is 5.08. The molecule has 0 unspecified atom stereocenters. The van der Waals surface area contributed by atoms with Crippen LogP contribution in [0.2, 0.25) is 0 Å². The van der Waals surface area contributed by atoms with Gasteiger partial charge in [0, 0.05) is 55.6 Å². The molecule has 1 heterocycles. The van der Waals surface area contributed by atoms with Gasteiger partial charge in [0.05, 0.1) is 7.11 Å². The zero-order valence-corrected chi connectivity index (χ0v) is 14.7. The first kappa shape index (κ1) is 16.6. The maximum atomic E-state index is 13.4. The van der Waals surface area contributed by atoms with E-state index in [0.717, 1.165) is 43.1 Å². The minimum Gasteiger partial charge on any atom is -0.497 e. The number of hydrogen-bond donors (Lipinski definition) is 0. The van der Waals surface area contributed by atoms with Crippen molar-refractivity contribution < 1.29 is 13.9 Å². The quantitative estimate of drug-likeness (QED) is 0.794. The second-order valence-electron chi connectivity index (χ2n) is 6.68. The molecule has 0 aromatic heterocycles. The molecule has 1 aliphatic carbocycles. The number of anilines is 1. The van der Waals surface area contributed by atoms with Crippen LogP contribution in [0.3, 0.4) is 0 Å². The normalized spacial score (nSPS) is 18.4. The van der Waals surface area contributed by atoms with Crippen molar-refractivity contribution in [1.82, 2.24) is 4.90 Å². The molecule has 2 aromatic carbocycles. The minimum atomic E-state index is -0.355. The molecule has 0 N–H and O–H groups in total. The van der Waals surface area contributed by atoms with Crippen LogP contribution in [0.15, 0.2) is 54.2 Å². The average molecular weight is 352 g/mol. The van der Waals surface area contributed by atoms with Crippen molar-refractivity contribution in [1.29, 1.82) is 0 Å². The summed E-state index contributed by atoms with van der Waals surface area (Å²) in [6, 6.07) is 12.6. The van der Waals surface area contributed by atoms with Gasteiger partial charge in [0.1, 0.15) is 11.6 Å². The molecular weight excluding hydrogens is 331 g/mol. The van der Waals surface area contributed by atoms with Crippen LogP contribution < -0.4 is 9.64 Å². The van der Waals surface area contributed by atoms with Gasteiger partial charge in [-0.25, -0.2) is 4.39 Å². The molecule has 0 bridgehead atoms. The number of methoxy groups -OCH3 is 1. The van der Waals surface area contributed by atoms with Gasteiger partial charge in [-0.1, -0.05) is 6.07 Å². The third-order valence-corrected chi connectivity index (χ3v) is 5.08. The van der Waals surface area contributed by atoms with Crippen LogP contribution >= 0.6 is 0 Å². The molecule has 0 atom stereocenters. The number of ketones is 1. The number of ether oxygens (including phenoxy) is 1. The van der Waals surface area contributed by atoms with Crippen LogP contribution in [0.1, 0.15) is 15.9 Å². The van der Waals surface area contributed by atoms with E-state index in [1.54, 1.807) is 13.2 Å². The van der Waals surface area contributed by atoms with Crippen molar-refractivity contribution in [3.63, 3.8) is 0 Å². The van der Waals surface area contributed by atoms with Crippen molar-refractivity contribution >= 4 is 11.5 Å². The number of carbonyl (C=O) groups excluding carboxylic acids is 1. The summed E-state index contributed by atoms with van der Waals surface area (Å²) >= 11 is 0. The maximum absolute atomic E-state index is 13.4. The van der Waals surface area contributed by atoms with Crippen LogP contribution in [0, 0.1) is 5.82 Å². The van der Waals surface area contributed by atoms with Gasteiger partial charge in [-0.2, -0.15) is 0 Å². The maximum Gasteiger partial charge on any atom is 0.191 e. The van der Waals surface area contributed by atoms with Gasteiger partial charge in [0.25, 0.3) is 0 Å². The summed E-state index contributed by atoms with van der Waals surface area (Å²) in [4.78, 5) is 17.0. The zero-order chi connectivity index (χ0) is 18.1. The first-order chi connectivity index (χ1) is 12.6. The lowest BCUT2D eigenvalue weighted by Crippen LogP contribution is -2.44. The highest BCUT2D eigenvalue weighted by Crippen LogP contribution is 2.28. The number of piperazine rings is 1. The Morgan fingerprint density at radius 1 is 1.04 bits per heavy atom. The van der Waals surface area contributed by atoms with Crippen molar-refractivity contribution in [2.45, 2.75) is 6.42 Å². The second kappa shape index (κ2) is 6.83. The monoisotopic (exact) mass is 352 g/mol. The largest absolute Gasteiger partial charge is 0.497 e. The Hall–Kier alpha value is -2.82. The van der Waals surface area contributed by atoms with Gasteiger partial charge < -0.3 is 14.5 Å². The highest BCUT2D eigenvalue weighted by Gasteiger charge is 2.26. The lowest BCUT2D eigenvalue weighted by molar-refractivity contribution is 0.103.